The zero-order valence-corrected chi connectivity index (χ0v) is 11.4. The number of H-pyrrole nitrogens is 1. The van der Waals surface area contributed by atoms with Gasteiger partial charge in [-0.25, -0.2) is 4.79 Å². The van der Waals surface area contributed by atoms with Crippen LogP contribution in [0.2, 0.25) is 0 Å². The van der Waals surface area contributed by atoms with E-state index >= 15 is 0 Å². The second-order valence-corrected chi connectivity index (χ2v) is 5.55. The third kappa shape index (κ3) is 2.48. The number of oxazole rings is 1. The minimum Gasteiger partial charge on any atom is -0.408 e. The van der Waals surface area contributed by atoms with Crippen LogP contribution in [0.3, 0.4) is 0 Å². The highest BCUT2D eigenvalue weighted by Gasteiger charge is 2.26. The minimum absolute atomic E-state index is 0.0246. The van der Waals surface area contributed by atoms with Crippen LogP contribution in [0.15, 0.2) is 27.4 Å². The van der Waals surface area contributed by atoms with Crippen LogP contribution in [0, 0.1) is 11.8 Å². The molecule has 2 N–H and O–H groups in total. The van der Waals surface area contributed by atoms with Gasteiger partial charge in [-0.2, -0.15) is 0 Å². The molecule has 1 saturated carbocycles. The highest BCUT2D eigenvalue weighted by atomic mass is 16.4. The van der Waals surface area contributed by atoms with Gasteiger partial charge in [-0.15, -0.1) is 0 Å². The molecule has 1 aliphatic rings. The summed E-state index contributed by atoms with van der Waals surface area (Å²) in [6.45, 7) is 1.99. The summed E-state index contributed by atoms with van der Waals surface area (Å²) in [5.74, 6) is 0.0777. The number of hydrogen-bond donors (Lipinski definition) is 2. The van der Waals surface area contributed by atoms with E-state index in [1.807, 2.05) is 6.92 Å². The van der Waals surface area contributed by atoms with Gasteiger partial charge in [0, 0.05) is 11.6 Å². The molecule has 1 amide bonds. The van der Waals surface area contributed by atoms with E-state index in [0.717, 1.165) is 12.8 Å². The standard InChI is InChI=1S/C15H18N2O3/c1-9(10-4-2-3-5-10)14(18)16-11-6-7-13-12(8-11)17-15(19)20-13/h6-10H,2-5H2,1H3,(H,16,18)(H,17,19). The number of benzene rings is 1. The van der Waals surface area contributed by atoms with Gasteiger partial charge in [0.1, 0.15) is 0 Å². The minimum atomic E-state index is -0.484. The van der Waals surface area contributed by atoms with Crippen LogP contribution in [0.4, 0.5) is 5.69 Å². The average Bonchev–Trinajstić information content (AvgIpc) is 3.05. The van der Waals surface area contributed by atoms with Crippen LogP contribution in [0.25, 0.3) is 11.1 Å². The van der Waals surface area contributed by atoms with Crippen LogP contribution in [-0.2, 0) is 4.79 Å². The molecule has 0 radical (unpaired) electrons. The Morgan fingerprint density at radius 3 is 2.90 bits per heavy atom. The molecule has 1 aliphatic carbocycles. The molecule has 1 fully saturated rings. The fraction of sp³-hybridized carbons (Fsp3) is 0.467. The maximum absolute atomic E-state index is 12.2. The second-order valence-electron chi connectivity index (χ2n) is 5.55. The van der Waals surface area contributed by atoms with Crippen molar-refractivity contribution >= 4 is 22.7 Å². The molecule has 5 nitrogen and oxygen atoms in total. The van der Waals surface area contributed by atoms with Crippen LogP contribution in [0.1, 0.15) is 32.6 Å². The van der Waals surface area contributed by atoms with Gasteiger partial charge >= 0.3 is 5.76 Å². The third-order valence-electron chi connectivity index (χ3n) is 4.21. The number of rotatable bonds is 3. The molecule has 2 aromatic rings. The van der Waals surface area contributed by atoms with Gasteiger partial charge in [-0.1, -0.05) is 19.8 Å². The van der Waals surface area contributed by atoms with Crippen molar-refractivity contribution < 1.29 is 9.21 Å². The van der Waals surface area contributed by atoms with Crippen molar-refractivity contribution in [2.24, 2.45) is 11.8 Å². The lowest BCUT2D eigenvalue weighted by molar-refractivity contribution is -0.120. The normalized spacial score (nSPS) is 17.4. The lowest BCUT2D eigenvalue weighted by Crippen LogP contribution is -2.25. The largest absolute Gasteiger partial charge is 0.417 e. The molecule has 0 saturated heterocycles. The molecule has 5 heteroatoms. The van der Waals surface area contributed by atoms with Crippen molar-refractivity contribution in [1.82, 2.24) is 4.98 Å². The molecule has 1 aromatic heterocycles. The molecular formula is C15H18N2O3. The molecule has 106 valence electrons. The first-order valence-corrected chi connectivity index (χ1v) is 7.07. The predicted molar refractivity (Wildman–Crippen MR) is 76.6 cm³/mol. The Bertz CT molecular complexity index is 680. The quantitative estimate of drug-likeness (QED) is 0.903. The van der Waals surface area contributed by atoms with E-state index in [1.165, 1.54) is 12.8 Å². The Labute approximate surface area is 116 Å². The zero-order valence-electron chi connectivity index (χ0n) is 11.4. The zero-order chi connectivity index (χ0) is 14.1. The summed E-state index contributed by atoms with van der Waals surface area (Å²) in [4.78, 5) is 25.9. The highest BCUT2D eigenvalue weighted by Crippen LogP contribution is 2.31. The number of aromatic amines is 1. The lowest BCUT2D eigenvalue weighted by Gasteiger charge is -2.18. The van der Waals surface area contributed by atoms with Gasteiger partial charge in [0.05, 0.1) is 5.52 Å². The molecule has 1 atom stereocenters. The maximum Gasteiger partial charge on any atom is 0.417 e. The summed E-state index contributed by atoms with van der Waals surface area (Å²) in [6, 6.07) is 5.15. The van der Waals surface area contributed by atoms with Gasteiger partial charge in [0.15, 0.2) is 5.58 Å². The molecule has 20 heavy (non-hydrogen) atoms. The van der Waals surface area contributed by atoms with E-state index < -0.39 is 5.76 Å². The number of amides is 1. The van der Waals surface area contributed by atoms with Crippen LogP contribution >= 0.6 is 0 Å². The number of carbonyl (C=O) groups excluding carboxylic acids is 1. The van der Waals surface area contributed by atoms with Crippen molar-refractivity contribution in [2.45, 2.75) is 32.6 Å². The molecule has 1 unspecified atom stereocenters. The third-order valence-corrected chi connectivity index (χ3v) is 4.21. The van der Waals surface area contributed by atoms with E-state index in [1.54, 1.807) is 18.2 Å². The first-order chi connectivity index (χ1) is 9.63. The Kier molecular flexibility index (Phi) is 3.34. The number of hydrogen-bond acceptors (Lipinski definition) is 3. The highest BCUT2D eigenvalue weighted by molar-refractivity contribution is 5.94. The van der Waals surface area contributed by atoms with Gasteiger partial charge in [0.25, 0.3) is 0 Å². The van der Waals surface area contributed by atoms with Crippen LogP contribution in [-0.4, -0.2) is 10.9 Å². The van der Waals surface area contributed by atoms with E-state index in [2.05, 4.69) is 10.3 Å². The number of fused-ring (bicyclic) bond motifs is 1. The first-order valence-electron chi connectivity index (χ1n) is 7.07. The van der Waals surface area contributed by atoms with E-state index in [-0.39, 0.29) is 11.8 Å². The fourth-order valence-electron chi connectivity index (χ4n) is 2.96. The van der Waals surface area contributed by atoms with Gasteiger partial charge in [-0.05, 0) is 37.0 Å². The maximum atomic E-state index is 12.2. The van der Waals surface area contributed by atoms with Gasteiger partial charge in [0.2, 0.25) is 5.91 Å². The number of anilines is 1. The predicted octanol–water partition coefficient (Wildman–Crippen LogP) is 2.89. The van der Waals surface area contributed by atoms with Crippen molar-refractivity contribution in [3.63, 3.8) is 0 Å². The molecule has 0 aliphatic heterocycles. The monoisotopic (exact) mass is 274 g/mol. The molecule has 1 heterocycles. The SMILES string of the molecule is CC(C(=O)Nc1ccc2oc(=O)[nH]c2c1)C1CCCC1. The van der Waals surface area contributed by atoms with Crippen molar-refractivity contribution in [3.05, 3.63) is 28.7 Å². The van der Waals surface area contributed by atoms with E-state index in [4.69, 9.17) is 4.42 Å². The molecule has 0 spiro atoms. The first kappa shape index (κ1) is 13.0. The smallest absolute Gasteiger partial charge is 0.408 e. The Hall–Kier alpha value is -2.04. The van der Waals surface area contributed by atoms with Crippen molar-refractivity contribution in [2.75, 3.05) is 5.32 Å². The lowest BCUT2D eigenvalue weighted by atomic mass is 9.92. The topological polar surface area (TPSA) is 75.1 Å². The molecule has 0 bridgehead atoms. The summed E-state index contributed by atoms with van der Waals surface area (Å²) in [7, 11) is 0. The summed E-state index contributed by atoms with van der Waals surface area (Å²) in [6.07, 6.45) is 4.74. The summed E-state index contributed by atoms with van der Waals surface area (Å²) >= 11 is 0. The summed E-state index contributed by atoms with van der Waals surface area (Å²) < 4.78 is 4.93. The molecular weight excluding hydrogens is 256 g/mol. The fourth-order valence-corrected chi connectivity index (χ4v) is 2.96. The number of nitrogens with one attached hydrogen (secondary N) is 2. The molecule has 3 rings (SSSR count). The Morgan fingerprint density at radius 1 is 1.40 bits per heavy atom. The number of aromatic nitrogens is 1. The second kappa shape index (κ2) is 5.15. The average molecular weight is 274 g/mol. The Morgan fingerprint density at radius 2 is 2.15 bits per heavy atom. The van der Waals surface area contributed by atoms with Crippen LogP contribution < -0.4 is 11.1 Å². The summed E-state index contributed by atoms with van der Waals surface area (Å²) in [5, 5.41) is 2.92. The number of carbonyl (C=O) groups is 1. The summed E-state index contributed by atoms with van der Waals surface area (Å²) in [5.41, 5.74) is 1.78. The van der Waals surface area contributed by atoms with Gasteiger partial charge in [-0.3, -0.25) is 9.78 Å². The molecule has 1 aromatic carbocycles. The van der Waals surface area contributed by atoms with E-state index in [0.29, 0.717) is 22.7 Å². The van der Waals surface area contributed by atoms with Crippen LogP contribution in [0.5, 0.6) is 0 Å². The van der Waals surface area contributed by atoms with E-state index in [9.17, 15) is 9.59 Å². The van der Waals surface area contributed by atoms with Crippen molar-refractivity contribution in [1.29, 1.82) is 0 Å². The van der Waals surface area contributed by atoms with Crippen molar-refractivity contribution in [3.8, 4) is 0 Å². The van der Waals surface area contributed by atoms with Gasteiger partial charge < -0.3 is 9.73 Å². The Balaban J connectivity index is 1.74.